The number of carbonyl (C=O) groups is 1. The summed E-state index contributed by atoms with van der Waals surface area (Å²) in [6, 6.07) is 0. The second-order valence-corrected chi connectivity index (χ2v) is 13.0. The van der Waals surface area contributed by atoms with Gasteiger partial charge in [0.15, 0.2) is 0 Å². The molecule has 0 rings (SSSR count). The molecule has 0 aromatic rings. The Morgan fingerprint density at radius 1 is 0.698 bits per heavy atom. The molecule has 3 atom stereocenters. The van der Waals surface area contributed by atoms with Gasteiger partial charge in [-0.15, -0.1) is 0 Å². The van der Waals surface area contributed by atoms with Gasteiger partial charge in [-0.2, -0.15) is 0 Å². The van der Waals surface area contributed by atoms with Crippen molar-refractivity contribution in [2.45, 2.75) is 161 Å². The number of carbonyl (C=O) groups excluding carboxylic acids is 1. The standard InChI is InChI=1S/C33H65O9P/c1-3-5-7-9-11-13-15-16-18-20-22-24-26-39-29-32(30-41-43(37,38)40-28-31(35)27-34)42-33(36)25-23-21-19-17-14-12-10-8-6-4-2/h9,11,31-32,34-35H,3-8,10,12-30H2,1-2H3,(H,37,38)/b11-9-. The van der Waals surface area contributed by atoms with E-state index in [4.69, 9.17) is 23.6 Å². The Kier molecular flexibility index (Phi) is 30.6. The van der Waals surface area contributed by atoms with E-state index in [1.807, 2.05) is 0 Å². The van der Waals surface area contributed by atoms with Crippen LogP contribution in [0.5, 0.6) is 0 Å². The smallest absolute Gasteiger partial charge is 0.457 e. The first-order valence-corrected chi connectivity index (χ1v) is 18.7. The normalized spacial score (nSPS) is 14.6. The van der Waals surface area contributed by atoms with E-state index in [2.05, 4.69) is 26.0 Å². The highest BCUT2D eigenvalue weighted by molar-refractivity contribution is 7.47. The number of unbranched alkanes of at least 4 members (excludes halogenated alkanes) is 17. The van der Waals surface area contributed by atoms with Crippen LogP contribution in [-0.4, -0.2) is 66.3 Å². The van der Waals surface area contributed by atoms with Gasteiger partial charge in [0, 0.05) is 13.0 Å². The molecule has 0 aliphatic rings. The number of ether oxygens (including phenoxy) is 2. The van der Waals surface area contributed by atoms with Crippen LogP contribution in [0.15, 0.2) is 12.2 Å². The monoisotopic (exact) mass is 636 g/mol. The number of hydrogen-bond acceptors (Lipinski definition) is 8. The maximum absolute atomic E-state index is 12.5. The zero-order valence-electron chi connectivity index (χ0n) is 27.4. The van der Waals surface area contributed by atoms with Crippen LogP contribution < -0.4 is 0 Å². The molecule has 3 unspecified atom stereocenters. The van der Waals surface area contributed by atoms with E-state index in [-0.39, 0.29) is 25.6 Å². The molecule has 3 N–H and O–H groups in total. The predicted octanol–water partition coefficient (Wildman–Crippen LogP) is 8.19. The van der Waals surface area contributed by atoms with E-state index in [9.17, 15) is 19.4 Å². The summed E-state index contributed by atoms with van der Waals surface area (Å²) < 4.78 is 33.1. The van der Waals surface area contributed by atoms with E-state index in [1.165, 1.54) is 83.5 Å². The van der Waals surface area contributed by atoms with Gasteiger partial charge in [0.25, 0.3) is 0 Å². The minimum absolute atomic E-state index is 0.0490. The molecular weight excluding hydrogens is 571 g/mol. The molecular formula is C33H65O9P. The van der Waals surface area contributed by atoms with Crippen molar-refractivity contribution in [3.8, 4) is 0 Å². The van der Waals surface area contributed by atoms with Gasteiger partial charge in [-0.05, 0) is 32.1 Å². The lowest BCUT2D eigenvalue weighted by molar-refractivity contribution is -0.154. The van der Waals surface area contributed by atoms with Crippen molar-refractivity contribution in [3.63, 3.8) is 0 Å². The molecule has 0 aliphatic heterocycles. The number of allylic oxidation sites excluding steroid dienone is 2. The molecule has 0 saturated carbocycles. The first-order chi connectivity index (χ1) is 20.8. The summed E-state index contributed by atoms with van der Waals surface area (Å²) in [6.07, 6.45) is 26.0. The molecule has 0 radical (unpaired) electrons. The summed E-state index contributed by atoms with van der Waals surface area (Å²) in [5.41, 5.74) is 0. The third kappa shape index (κ3) is 31.0. The summed E-state index contributed by atoms with van der Waals surface area (Å²) in [5.74, 6) is -0.388. The van der Waals surface area contributed by atoms with Crippen molar-refractivity contribution in [2.75, 3.05) is 33.0 Å². The van der Waals surface area contributed by atoms with E-state index in [0.29, 0.717) is 6.61 Å². The number of phosphoric acid groups is 1. The van der Waals surface area contributed by atoms with E-state index in [0.717, 1.165) is 44.9 Å². The number of phosphoric ester groups is 1. The molecule has 0 fully saturated rings. The van der Waals surface area contributed by atoms with Crippen LogP contribution in [-0.2, 0) is 27.9 Å². The number of rotatable bonds is 33. The average Bonchev–Trinajstić information content (AvgIpc) is 2.99. The van der Waals surface area contributed by atoms with Crippen LogP contribution in [0.1, 0.15) is 149 Å². The number of aliphatic hydroxyl groups excluding tert-OH is 2. The van der Waals surface area contributed by atoms with Crippen LogP contribution in [0, 0.1) is 0 Å². The maximum Gasteiger partial charge on any atom is 0.472 e. The van der Waals surface area contributed by atoms with E-state index in [1.54, 1.807) is 0 Å². The number of aliphatic hydroxyl groups is 2. The van der Waals surface area contributed by atoms with Crippen molar-refractivity contribution in [1.29, 1.82) is 0 Å². The van der Waals surface area contributed by atoms with Gasteiger partial charge in [-0.3, -0.25) is 13.8 Å². The molecule has 10 heteroatoms. The van der Waals surface area contributed by atoms with Gasteiger partial charge in [-0.25, -0.2) is 4.57 Å². The Balaban J connectivity index is 4.28. The first-order valence-electron chi connectivity index (χ1n) is 17.2. The van der Waals surface area contributed by atoms with Crippen LogP contribution in [0.3, 0.4) is 0 Å². The average molecular weight is 637 g/mol. The molecule has 43 heavy (non-hydrogen) atoms. The van der Waals surface area contributed by atoms with E-state index < -0.39 is 33.2 Å². The molecule has 0 aromatic carbocycles. The summed E-state index contributed by atoms with van der Waals surface area (Å²) in [5, 5.41) is 18.2. The summed E-state index contributed by atoms with van der Waals surface area (Å²) in [6.45, 7) is 3.44. The topological polar surface area (TPSA) is 132 Å². The van der Waals surface area contributed by atoms with Crippen molar-refractivity contribution >= 4 is 13.8 Å². The van der Waals surface area contributed by atoms with E-state index >= 15 is 0 Å². The Morgan fingerprint density at radius 2 is 1.21 bits per heavy atom. The van der Waals surface area contributed by atoms with Crippen molar-refractivity contribution in [1.82, 2.24) is 0 Å². The third-order valence-electron chi connectivity index (χ3n) is 7.20. The quantitative estimate of drug-likeness (QED) is 0.0282. The highest BCUT2D eigenvalue weighted by Crippen LogP contribution is 2.43. The zero-order chi connectivity index (χ0) is 31.9. The largest absolute Gasteiger partial charge is 0.472 e. The van der Waals surface area contributed by atoms with Gasteiger partial charge in [0.05, 0.1) is 26.4 Å². The summed E-state index contributed by atoms with van der Waals surface area (Å²) in [4.78, 5) is 22.3. The lowest BCUT2D eigenvalue weighted by Crippen LogP contribution is -2.29. The number of esters is 1. The molecule has 0 amide bonds. The van der Waals surface area contributed by atoms with Gasteiger partial charge < -0.3 is 24.6 Å². The molecule has 0 bridgehead atoms. The SMILES string of the molecule is CCCC/C=C\CCCCCCCCOCC(COP(=O)(O)OCC(O)CO)OC(=O)CCCCCCCCCCCC. The third-order valence-corrected chi connectivity index (χ3v) is 8.15. The fourth-order valence-electron chi connectivity index (χ4n) is 4.51. The number of hydrogen-bond donors (Lipinski definition) is 3. The van der Waals surface area contributed by atoms with Gasteiger partial charge >= 0.3 is 13.8 Å². The Labute approximate surface area is 262 Å². The maximum atomic E-state index is 12.5. The molecule has 9 nitrogen and oxygen atoms in total. The highest BCUT2D eigenvalue weighted by Gasteiger charge is 2.26. The van der Waals surface area contributed by atoms with Crippen LogP contribution in [0.4, 0.5) is 0 Å². The Bertz CT molecular complexity index is 689. The van der Waals surface area contributed by atoms with Crippen LogP contribution in [0.2, 0.25) is 0 Å². The van der Waals surface area contributed by atoms with Gasteiger partial charge in [0.2, 0.25) is 0 Å². The van der Waals surface area contributed by atoms with Gasteiger partial charge in [-0.1, -0.05) is 122 Å². The highest BCUT2D eigenvalue weighted by atomic mass is 31.2. The molecule has 0 heterocycles. The Hall–Kier alpha value is -0.800. The summed E-state index contributed by atoms with van der Waals surface area (Å²) >= 11 is 0. The second kappa shape index (κ2) is 31.2. The fourth-order valence-corrected chi connectivity index (χ4v) is 5.30. The second-order valence-electron chi connectivity index (χ2n) is 11.5. The molecule has 0 spiro atoms. The fraction of sp³-hybridized carbons (Fsp3) is 0.909. The van der Waals surface area contributed by atoms with Crippen LogP contribution in [0.25, 0.3) is 0 Å². The Morgan fingerprint density at radius 3 is 1.81 bits per heavy atom. The molecule has 0 aliphatic carbocycles. The molecule has 0 aromatic heterocycles. The first kappa shape index (κ1) is 42.2. The van der Waals surface area contributed by atoms with Crippen molar-refractivity contribution in [2.24, 2.45) is 0 Å². The lowest BCUT2D eigenvalue weighted by Gasteiger charge is -2.20. The molecule has 0 saturated heterocycles. The summed E-state index contributed by atoms with van der Waals surface area (Å²) in [7, 11) is -4.50. The zero-order valence-corrected chi connectivity index (χ0v) is 28.3. The predicted molar refractivity (Wildman–Crippen MR) is 173 cm³/mol. The van der Waals surface area contributed by atoms with Crippen molar-refractivity contribution < 1.29 is 43.0 Å². The lowest BCUT2D eigenvalue weighted by atomic mass is 10.1. The van der Waals surface area contributed by atoms with Gasteiger partial charge in [0.1, 0.15) is 12.2 Å². The minimum atomic E-state index is -4.50. The van der Waals surface area contributed by atoms with Crippen molar-refractivity contribution in [3.05, 3.63) is 12.2 Å². The van der Waals surface area contributed by atoms with Crippen LogP contribution >= 0.6 is 7.82 Å². The minimum Gasteiger partial charge on any atom is -0.457 e. The molecule has 256 valence electrons.